The van der Waals surface area contributed by atoms with Crippen LogP contribution >= 0.6 is 11.8 Å². The molecule has 58 valence electrons. The third kappa shape index (κ3) is 1.21. The molecule has 0 saturated carbocycles. The predicted octanol–water partition coefficient (Wildman–Crippen LogP) is -0.156. The van der Waals surface area contributed by atoms with Crippen LogP contribution in [0.3, 0.4) is 0 Å². The van der Waals surface area contributed by atoms with E-state index in [1.165, 1.54) is 18.1 Å². The van der Waals surface area contributed by atoms with Crippen LogP contribution in [-0.4, -0.2) is 26.5 Å². The van der Waals surface area contributed by atoms with E-state index in [1.807, 2.05) is 0 Å². The van der Waals surface area contributed by atoms with E-state index in [9.17, 15) is 4.79 Å². The van der Waals surface area contributed by atoms with Crippen LogP contribution in [0, 0.1) is 0 Å². The lowest BCUT2D eigenvalue weighted by molar-refractivity contribution is -0.116. The topological polar surface area (TPSA) is 59.8 Å². The van der Waals surface area contributed by atoms with E-state index >= 15 is 0 Å². The number of rotatable bonds is 0. The van der Waals surface area contributed by atoms with Crippen molar-refractivity contribution in [3.63, 3.8) is 0 Å². The number of hydrogen-bond acceptors (Lipinski definition) is 4. The third-order valence-corrected chi connectivity index (χ3v) is 2.27. The second kappa shape index (κ2) is 2.54. The van der Waals surface area contributed by atoms with Gasteiger partial charge in [0.25, 0.3) is 0 Å². The first kappa shape index (κ1) is 6.66. The van der Waals surface area contributed by atoms with Crippen molar-refractivity contribution < 1.29 is 4.79 Å². The Balaban J connectivity index is 2.32. The van der Waals surface area contributed by atoms with Crippen LogP contribution in [0.5, 0.6) is 0 Å². The minimum Gasteiger partial charge on any atom is -0.273 e. The summed E-state index contributed by atoms with van der Waals surface area (Å²) in [7, 11) is 0. The molecule has 1 aromatic heterocycles. The molecule has 1 aliphatic heterocycles. The minimum absolute atomic E-state index is 0.0102. The summed E-state index contributed by atoms with van der Waals surface area (Å²) in [5.74, 6) is 0.779. The lowest BCUT2D eigenvalue weighted by Gasteiger charge is -1.99. The van der Waals surface area contributed by atoms with Gasteiger partial charge in [-0.3, -0.25) is 10.2 Å². The Morgan fingerprint density at radius 2 is 2.64 bits per heavy atom. The second-order valence-electron chi connectivity index (χ2n) is 2.12. The molecule has 0 unspecified atom stereocenters. The third-order valence-electron chi connectivity index (χ3n) is 1.32. The lowest BCUT2D eigenvalue weighted by Crippen LogP contribution is -2.20. The molecule has 0 fully saturated rings. The Morgan fingerprint density at radius 1 is 1.73 bits per heavy atom. The molecular weight excluding hydrogens is 164 g/mol. The van der Waals surface area contributed by atoms with Gasteiger partial charge in [0.2, 0.25) is 11.1 Å². The van der Waals surface area contributed by atoms with Crippen molar-refractivity contribution in [3.05, 3.63) is 6.33 Å². The number of carbonyl (C=O) groups is 1. The summed E-state index contributed by atoms with van der Waals surface area (Å²) in [6.07, 6.45) is 2.03. The molecule has 1 aliphatic rings. The van der Waals surface area contributed by atoms with Crippen molar-refractivity contribution in [2.24, 2.45) is 0 Å². The fourth-order valence-corrected chi connectivity index (χ4v) is 1.63. The minimum atomic E-state index is 0.0102. The molecule has 0 aliphatic carbocycles. The summed E-state index contributed by atoms with van der Waals surface area (Å²) in [4.78, 5) is 10.9. The van der Waals surface area contributed by atoms with Crippen LogP contribution in [0.2, 0.25) is 0 Å². The van der Waals surface area contributed by atoms with E-state index in [-0.39, 0.29) is 5.91 Å². The Kier molecular flexibility index (Phi) is 1.54. The quantitative estimate of drug-likeness (QED) is 0.588. The second-order valence-corrected chi connectivity index (χ2v) is 3.18. The Bertz CT molecular complexity index is 284. The van der Waals surface area contributed by atoms with Gasteiger partial charge >= 0.3 is 0 Å². The molecule has 1 amide bonds. The molecule has 2 rings (SSSR count). The molecule has 5 nitrogen and oxygen atoms in total. The van der Waals surface area contributed by atoms with Crippen LogP contribution in [-0.2, 0) is 4.79 Å². The molecule has 1 aromatic rings. The summed E-state index contributed by atoms with van der Waals surface area (Å²) in [5.41, 5.74) is 2.63. The first-order valence-electron chi connectivity index (χ1n) is 3.19. The largest absolute Gasteiger partial charge is 0.273 e. The first-order chi connectivity index (χ1) is 5.36. The van der Waals surface area contributed by atoms with E-state index in [4.69, 9.17) is 0 Å². The maximum Gasteiger partial charge on any atom is 0.239 e. The van der Waals surface area contributed by atoms with E-state index < -0.39 is 0 Å². The van der Waals surface area contributed by atoms with Crippen molar-refractivity contribution >= 4 is 17.7 Å². The van der Waals surface area contributed by atoms with Crippen molar-refractivity contribution in [2.75, 3.05) is 11.2 Å². The maximum absolute atomic E-state index is 10.9. The van der Waals surface area contributed by atoms with Crippen molar-refractivity contribution in [3.8, 4) is 0 Å². The Labute approximate surface area is 67.2 Å². The van der Waals surface area contributed by atoms with Crippen LogP contribution < -0.4 is 5.43 Å². The Morgan fingerprint density at radius 3 is 3.55 bits per heavy atom. The molecule has 0 aromatic carbocycles. The number of aromatic nitrogens is 3. The first-order valence-corrected chi connectivity index (χ1v) is 4.17. The van der Waals surface area contributed by atoms with Gasteiger partial charge in [0.05, 0.1) is 0 Å². The van der Waals surface area contributed by atoms with Crippen molar-refractivity contribution in [1.29, 1.82) is 0 Å². The number of nitrogens with one attached hydrogen (secondary N) is 1. The van der Waals surface area contributed by atoms with E-state index in [1.54, 1.807) is 4.68 Å². The highest BCUT2D eigenvalue weighted by atomic mass is 32.2. The summed E-state index contributed by atoms with van der Waals surface area (Å²) in [6, 6.07) is 0. The molecule has 2 heterocycles. The monoisotopic (exact) mass is 170 g/mol. The van der Waals surface area contributed by atoms with Gasteiger partial charge in [-0.2, -0.15) is 0 Å². The van der Waals surface area contributed by atoms with Crippen LogP contribution in [0.25, 0.3) is 0 Å². The average molecular weight is 170 g/mol. The zero-order valence-electron chi connectivity index (χ0n) is 5.65. The molecular formula is C5H6N4OS. The summed E-state index contributed by atoms with van der Waals surface area (Å²) < 4.78 is 1.54. The van der Waals surface area contributed by atoms with Crippen molar-refractivity contribution in [1.82, 2.24) is 14.9 Å². The smallest absolute Gasteiger partial charge is 0.239 e. The van der Waals surface area contributed by atoms with E-state index in [2.05, 4.69) is 15.6 Å². The van der Waals surface area contributed by atoms with Gasteiger partial charge in [0.15, 0.2) is 0 Å². The Hall–Kier alpha value is -1.04. The number of nitrogens with zero attached hydrogens (tertiary/aromatic N) is 3. The highest BCUT2D eigenvalue weighted by Crippen LogP contribution is 2.16. The fraction of sp³-hybridized carbons (Fsp3) is 0.400. The summed E-state index contributed by atoms with van der Waals surface area (Å²) in [5, 5.41) is 8.22. The molecule has 1 N–H and O–H groups in total. The molecule has 0 spiro atoms. The standard InChI is InChI=1S/C5H6N4OS/c10-4-1-2-11-5-7-6-3-9(5)8-4/h3H,1-2H2,(H,8,10). The van der Waals surface area contributed by atoms with Gasteiger partial charge in [0.1, 0.15) is 6.33 Å². The lowest BCUT2D eigenvalue weighted by atomic mass is 10.5. The highest BCUT2D eigenvalue weighted by molar-refractivity contribution is 7.99. The molecule has 0 saturated heterocycles. The van der Waals surface area contributed by atoms with E-state index in [0.717, 1.165) is 10.9 Å². The summed E-state index contributed by atoms with van der Waals surface area (Å²) >= 11 is 1.53. The summed E-state index contributed by atoms with van der Waals surface area (Å²) in [6.45, 7) is 0. The number of carbonyl (C=O) groups excluding carboxylic acids is 1. The van der Waals surface area contributed by atoms with Crippen LogP contribution in [0.15, 0.2) is 11.5 Å². The number of amides is 1. The maximum atomic E-state index is 10.9. The number of hydrogen-bond donors (Lipinski definition) is 1. The molecule has 6 heteroatoms. The predicted molar refractivity (Wildman–Crippen MR) is 39.7 cm³/mol. The fourth-order valence-electron chi connectivity index (χ4n) is 0.825. The van der Waals surface area contributed by atoms with E-state index in [0.29, 0.717) is 6.42 Å². The normalized spacial score (nSPS) is 16.9. The number of fused-ring (bicyclic) bond motifs is 1. The van der Waals surface area contributed by atoms with Gasteiger partial charge < -0.3 is 0 Å². The molecule has 11 heavy (non-hydrogen) atoms. The molecule has 0 radical (unpaired) electrons. The van der Waals surface area contributed by atoms with Gasteiger partial charge in [-0.1, -0.05) is 11.8 Å². The van der Waals surface area contributed by atoms with Crippen LogP contribution in [0.4, 0.5) is 0 Å². The SMILES string of the molecule is O=C1CCSc2nncn2N1. The van der Waals surface area contributed by atoms with Crippen molar-refractivity contribution in [2.45, 2.75) is 11.6 Å². The zero-order valence-corrected chi connectivity index (χ0v) is 6.47. The highest BCUT2D eigenvalue weighted by Gasteiger charge is 2.12. The van der Waals surface area contributed by atoms with Gasteiger partial charge in [-0.05, 0) is 0 Å². The van der Waals surface area contributed by atoms with Crippen LogP contribution in [0.1, 0.15) is 6.42 Å². The van der Waals surface area contributed by atoms with Gasteiger partial charge in [0, 0.05) is 12.2 Å². The molecule has 0 atom stereocenters. The molecule has 0 bridgehead atoms. The average Bonchev–Trinajstić information content (AvgIpc) is 2.31. The van der Waals surface area contributed by atoms with Gasteiger partial charge in [-0.15, -0.1) is 10.2 Å². The number of thioether (sulfide) groups is 1. The van der Waals surface area contributed by atoms with Gasteiger partial charge in [-0.25, -0.2) is 4.68 Å². The zero-order chi connectivity index (χ0) is 7.68.